The first kappa shape index (κ1) is 20.0. The molecule has 1 heterocycles. The molecule has 6 heteroatoms. The number of halogens is 1. The van der Waals surface area contributed by atoms with Gasteiger partial charge in [-0.15, -0.1) is 0 Å². The SMILES string of the molecule is COCCn1c(=NC(=O)c2ccc(C(C)(C)C)cc2)sc2cc(Br)ccc21. The van der Waals surface area contributed by atoms with Gasteiger partial charge in [-0.05, 0) is 41.3 Å². The minimum Gasteiger partial charge on any atom is -0.383 e. The Labute approximate surface area is 171 Å². The van der Waals surface area contributed by atoms with Crippen molar-refractivity contribution in [3.63, 3.8) is 0 Å². The first-order valence-electron chi connectivity index (χ1n) is 8.77. The molecule has 0 bridgehead atoms. The van der Waals surface area contributed by atoms with Crippen molar-refractivity contribution in [3.8, 4) is 0 Å². The van der Waals surface area contributed by atoms with E-state index in [-0.39, 0.29) is 11.3 Å². The van der Waals surface area contributed by atoms with E-state index in [1.807, 2.05) is 47.0 Å². The van der Waals surface area contributed by atoms with Gasteiger partial charge in [-0.25, -0.2) is 0 Å². The number of hydrogen-bond donors (Lipinski definition) is 0. The Kier molecular flexibility index (Phi) is 5.99. The fourth-order valence-electron chi connectivity index (χ4n) is 2.80. The summed E-state index contributed by atoms with van der Waals surface area (Å²) < 4.78 is 9.35. The number of carbonyl (C=O) groups excluding carboxylic acids is 1. The quantitative estimate of drug-likeness (QED) is 0.555. The predicted molar refractivity (Wildman–Crippen MR) is 114 cm³/mol. The van der Waals surface area contributed by atoms with E-state index in [1.165, 1.54) is 16.9 Å². The van der Waals surface area contributed by atoms with E-state index in [9.17, 15) is 4.79 Å². The van der Waals surface area contributed by atoms with Crippen LogP contribution in [0.25, 0.3) is 10.2 Å². The summed E-state index contributed by atoms with van der Waals surface area (Å²) in [5, 5.41) is 0. The maximum Gasteiger partial charge on any atom is 0.279 e. The van der Waals surface area contributed by atoms with Crippen LogP contribution in [0.2, 0.25) is 0 Å². The number of nitrogens with zero attached hydrogens (tertiary/aromatic N) is 2. The lowest BCUT2D eigenvalue weighted by molar-refractivity contribution is 0.0997. The zero-order valence-electron chi connectivity index (χ0n) is 16.0. The van der Waals surface area contributed by atoms with Gasteiger partial charge in [0.2, 0.25) is 0 Å². The third-order valence-electron chi connectivity index (χ3n) is 4.36. The Morgan fingerprint density at radius 3 is 2.52 bits per heavy atom. The molecule has 2 aromatic carbocycles. The van der Waals surface area contributed by atoms with Gasteiger partial charge in [0.25, 0.3) is 5.91 Å². The van der Waals surface area contributed by atoms with Crippen LogP contribution in [-0.2, 0) is 16.7 Å². The fraction of sp³-hybridized carbons (Fsp3) is 0.333. The third kappa shape index (κ3) is 4.57. The Morgan fingerprint density at radius 1 is 1.19 bits per heavy atom. The van der Waals surface area contributed by atoms with Gasteiger partial charge in [0.1, 0.15) is 0 Å². The molecular weight excluding hydrogens is 424 g/mol. The van der Waals surface area contributed by atoms with Crippen LogP contribution in [0.15, 0.2) is 51.9 Å². The van der Waals surface area contributed by atoms with Crippen molar-refractivity contribution in [1.29, 1.82) is 0 Å². The highest BCUT2D eigenvalue weighted by atomic mass is 79.9. The van der Waals surface area contributed by atoms with Gasteiger partial charge < -0.3 is 9.30 Å². The van der Waals surface area contributed by atoms with Crippen LogP contribution in [0.4, 0.5) is 0 Å². The maximum absolute atomic E-state index is 12.7. The molecule has 142 valence electrons. The maximum atomic E-state index is 12.7. The van der Waals surface area contributed by atoms with Crippen LogP contribution in [-0.4, -0.2) is 24.2 Å². The lowest BCUT2D eigenvalue weighted by atomic mass is 9.87. The molecule has 1 aromatic heterocycles. The van der Waals surface area contributed by atoms with E-state index in [2.05, 4.69) is 41.7 Å². The van der Waals surface area contributed by atoms with Crippen molar-refractivity contribution in [1.82, 2.24) is 4.57 Å². The second-order valence-electron chi connectivity index (χ2n) is 7.39. The smallest absolute Gasteiger partial charge is 0.279 e. The van der Waals surface area contributed by atoms with Crippen LogP contribution in [0.5, 0.6) is 0 Å². The molecule has 4 nitrogen and oxygen atoms in total. The lowest BCUT2D eigenvalue weighted by Gasteiger charge is -2.18. The van der Waals surface area contributed by atoms with Crippen molar-refractivity contribution >= 4 is 43.4 Å². The zero-order valence-corrected chi connectivity index (χ0v) is 18.4. The van der Waals surface area contributed by atoms with Gasteiger partial charge in [-0.2, -0.15) is 4.99 Å². The van der Waals surface area contributed by atoms with Gasteiger partial charge in [-0.1, -0.05) is 60.2 Å². The standard InChI is InChI=1S/C21H23BrN2O2S/c1-21(2,3)15-7-5-14(6-8-15)19(25)23-20-24(11-12-26-4)17-10-9-16(22)13-18(17)27-20/h5-10,13H,11-12H2,1-4H3. The number of benzene rings is 2. The highest BCUT2D eigenvalue weighted by Gasteiger charge is 2.14. The lowest BCUT2D eigenvalue weighted by Crippen LogP contribution is -2.19. The van der Waals surface area contributed by atoms with Gasteiger partial charge in [0.05, 0.1) is 16.8 Å². The second kappa shape index (κ2) is 8.09. The Bertz CT molecular complexity index is 1030. The molecule has 3 rings (SSSR count). The topological polar surface area (TPSA) is 43.6 Å². The molecule has 0 aliphatic carbocycles. The van der Waals surface area contributed by atoms with Crippen LogP contribution in [0.3, 0.4) is 0 Å². The molecule has 0 aliphatic rings. The number of ether oxygens (including phenoxy) is 1. The van der Waals surface area contributed by atoms with E-state index in [1.54, 1.807) is 7.11 Å². The first-order valence-corrected chi connectivity index (χ1v) is 10.4. The summed E-state index contributed by atoms with van der Waals surface area (Å²) in [6.45, 7) is 7.67. The Balaban J connectivity index is 2.02. The van der Waals surface area contributed by atoms with Crippen molar-refractivity contribution < 1.29 is 9.53 Å². The number of amides is 1. The second-order valence-corrected chi connectivity index (χ2v) is 9.31. The summed E-state index contributed by atoms with van der Waals surface area (Å²) in [4.78, 5) is 17.8. The molecule has 0 saturated carbocycles. The van der Waals surface area contributed by atoms with Crippen LogP contribution in [0.1, 0.15) is 36.7 Å². The minimum absolute atomic E-state index is 0.0563. The number of hydrogen-bond acceptors (Lipinski definition) is 3. The average Bonchev–Trinajstić information content (AvgIpc) is 2.95. The summed E-state index contributed by atoms with van der Waals surface area (Å²) >= 11 is 5.01. The van der Waals surface area contributed by atoms with Crippen LogP contribution >= 0.6 is 27.3 Å². The molecule has 27 heavy (non-hydrogen) atoms. The van der Waals surface area contributed by atoms with Gasteiger partial charge >= 0.3 is 0 Å². The van der Waals surface area contributed by atoms with E-state index < -0.39 is 0 Å². The molecule has 0 unspecified atom stereocenters. The first-order chi connectivity index (χ1) is 12.8. The minimum atomic E-state index is -0.229. The number of methoxy groups -OCH3 is 1. The predicted octanol–water partition coefficient (Wildman–Crippen LogP) is 5.15. The summed E-state index contributed by atoms with van der Waals surface area (Å²) in [6.07, 6.45) is 0. The number of thiazole rings is 1. The van der Waals surface area contributed by atoms with Gasteiger partial charge in [0.15, 0.2) is 4.80 Å². The molecule has 0 fully saturated rings. The van der Waals surface area contributed by atoms with E-state index in [4.69, 9.17) is 4.74 Å². The molecule has 0 atom stereocenters. The summed E-state index contributed by atoms with van der Waals surface area (Å²) in [7, 11) is 1.67. The highest BCUT2D eigenvalue weighted by molar-refractivity contribution is 9.10. The highest BCUT2D eigenvalue weighted by Crippen LogP contribution is 2.23. The summed E-state index contributed by atoms with van der Waals surface area (Å²) in [6, 6.07) is 13.8. The molecule has 3 aromatic rings. The van der Waals surface area contributed by atoms with Crippen LogP contribution < -0.4 is 4.80 Å². The van der Waals surface area contributed by atoms with Crippen LogP contribution in [0, 0.1) is 0 Å². The number of fused-ring (bicyclic) bond motifs is 1. The number of aromatic nitrogens is 1. The van der Waals surface area contributed by atoms with Gasteiger partial charge in [-0.3, -0.25) is 4.79 Å². The number of carbonyl (C=O) groups is 1. The molecule has 0 radical (unpaired) electrons. The van der Waals surface area contributed by atoms with E-state index in [0.29, 0.717) is 23.5 Å². The average molecular weight is 447 g/mol. The normalized spacial score (nSPS) is 12.7. The van der Waals surface area contributed by atoms with E-state index >= 15 is 0 Å². The zero-order chi connectivity index (χ0) is 19.6. The van der Waals surface area contributed by atoms with Crippen molar-refractivity contribution in [2.75, 3.05) is 13.7 Å². The summed E-state index contributed by atoms with van der Waals surface area (Å²) in [5.41, 5.74) is 2.90. The Morgan fingerprint density at radius 2 is 1.89 bits per heavy atom. The van der Waals surface area contributed by atoms with E-state index in [0.717, 1.165) is 14.7 Å². The third-order valence-corrected chi connectivity index (χ3v) is 5.89. The molecule has 0 spiro atoms. The largest absolute Gasteiger partial charge is 0.383 e. The van der Waals surface area contributed by atoms with Crippen molar-refractivity contribution in [3.05, 3.63) is 62.9 Å². The van der Waals surface area contributed by atoms with Crippen molar-refractivity contribution in [2.45, 2.75) is 32.7 Å². The van der Waals surface area contributed by atoms with Gasteiger partial charge in [0, 0.05) is 23.7 Å². The Hall–Kier alpha value is -1.76. The molecule has 0 aliphatic heterocycles. The molecule has 0 saturated heterocycles. The molecule has 1 amide bonds. The number of rotatable bonds is 4. The fourth-order valence-corrected chi connectivity index (χ4v) is 4.40. The molecule has 0 N–H and O–H groups in total. The molecular formula is C21H23BrN2O2S. The monoisotopic (exact) mass is 446 g/mol. The summed E-state index contributed by atoms with van der Waals surface area (Å²) in [5.74, 6) is -0.229. The van der Waals surface area contributed by atoms with Crippen molar-refractivity contribution in [2.24, 2.45) is 4.99 Å².